The van der Waals surface area contributed by atoms with E-state index in [0.29, 0.717) is 12.9 Å². The number of ether oxygens (including phenoxy) is 1. The van der Waals surface area contributed by atoms with Crippen molar-refractivity contribution in [1.29, 1.82) is 0 Å². The zero-order valence-electron chi connectivity index (χ0n) is 10.0. The Bertz CT molecular complexity index is 231. The Balaban J connectivity index is 0.000000265. The molecule has 5 heteroatoms. The Morgan fingerprint density at radius 2 is 1.93 bits per heavy atom. The summed E-state index contributed by atoms with van der Waals surface area (Å²) in [5.74, 6) is 0.0787. The highest BCUT2D eigenvalue weighted by Crippen LogP contribution is 2.10. The number of rotatable bonds is 1. The van der Waals surface area contributed by atoms with Crippen LogP contribution in [0, 0.1) is 0 Å². The van der Waals surface area contributed by atoms with Crippen molar-refractivity contribution in [3.05, 3.63) is 0 Å². The van der Waals surface area contributed by atoms with Gasteiger partial charge in [-0.15, -0.1) is 0 Å². The van der Waals surface area contributed by atoms with Crippen LogP contribution in [0.15, 0.2) is 0 Å². The van der Waals surface area contributed by atoms with E-state index in [-0.39, 0.29) is 17.0 Å². The minimum absolute atomic E-state index is 0.0446. The van der Waals surface area contributed by atoms with Crippen molar-refractivity contribution in [3.63, 3.8) is 0 Å². The van der Waals surface area contributed by atoms with Crippen molar-refractivity contribution in [2.24, 2.45) is 0 Å². The van der Waals surface area contributed by atoms with E-state index in [4.69, 9.17) is 0 Å². The highest BCUT2D eigenvalue weighted by Gasteiger charge is 2.27. The molecule has 1 amide bonds. The van der Waals surface area contributed by atoms with E-state index in [1.54, 1.807) is 0 Å². The lowest BCUT2D eigenvalue weighted by Gasteiger charge is -2.14. The minimum atomic E-state index is -0.318. The van der Waals surface area contributed by atoms with Gasteiger partial charge in [-0.25, -0.2) is 5.43 Å². The molecule has 0 bridgehead atoms. The van der Waals surface area contributed by atoms with Gasteiger partial charge < -0.3 is 4.74 Å². The molecule has 1 fully saturated rings. The van der Waals surface area contributed by atoms with Gasteiger partial charge in [0.15, 0.2) is 0 Å². The predicted octanol–water partition coefficient (Wildman–Crippen LogP) is 0.747. The van der Waals surface area contributed by atoms with Crippen LogP contribution < -0.4 is 10.9 Å². The second-order valence-electron chi connectivity index (χ2n) is 5.06. The maximum atomic E-state index is 10.5. The molecule has 1 aliphatic heterocycles. The van der Waals surface area contributed by atoms with E-state index in [1.165, 1.54) is 0 Å². The Hall–Kier alpha value is -1.10. The van der Waals surface area contributed by atoms with Gasteiger partial charge in [0.2, 0.25) is 5.91 Å². The molecule has 0 aromatic heterocycles. The molecule has 1 heterocycles. The molecule has 1 rings (SSSR count). The lowest BCUT2D eigenvalue weighted by atomic mass is 10.0. The average molecular weight is 216 g/mol. The zero-order chi connectivity index (χ0) is 12.1. The molecule has 5 nitrogen and oxygen atoms in total. The van der Waals surface area contributed by atoms with Gasteiger partial charge in [0.25, 0.3) is 6.47 Å². The molecular formula is C10H20N2O3. The molecule has 88 valence electrons. The molecule has 2 N–H and O–H groups in total. The van der Waals surface area contributed by atoms with E-state index in [9.17, 15) is 9.59 Å². The smallest absolute Gasteiger partial charge is 0.293 e. The third-order valence-electron chi connectivity index (χ3n) is 1.54. The molecular weight excluding hydrogens is 196 g/mol. The summed E-state index contributed by atoms with van der Waals surface area (Å²) in [4.78, 5) is 20.1. The van der Waals surface area contributed by atoms with Crippen LogP contribution in [0.2, 0.25) is 0 Å². The highest BCUT2D eigenvalue weighted by atomic mass is 16.5. The maximum Gasteiger partial charge on any atom is 0.293 e. The minimum Gasteiger partial charge on any atom is -0.462 e. The zero-order valence-corrected chi connectivity index (χ0v) is 10.0. The molecule has 0 aromatic carbocycles. The van der Waals surface area contributed by atoms with Crippen LogP contribution in [-0.2, 0) is 14.3 Å². The summed E-state index contributed by atoms with van der Waals surface area (Å²) >= 11 is 0. The lowest BCUT2D eigenvalue weighted by Crippen LogP contribution is -2.38. The number of carbonyl (C=O) groups is 2. The van der Waals surface area contributed by atoms with Crippen molar-refractivity contribution in [3.8, 4) is 0 Å². The Morgan fingerprint density at radius 1 is 1.40 bits per heavy atom. The first-order valence-corrected chi connectivity index (χ1v) is 4.84. The molecule has 1 saturated heterocycles. The van der Waals surface area contributed by atoms with Gasteiger partial charge >= 0.3 is 0 Å². The molecule has 0 saturated carbocycles. The van der Waals surface area contributed by atoms with Crippen LogP contribution in [0.1, 0.15) is 41.0 Å². The molecule has 0 spiro atoms. The Labute approximate surface area is 90.5 Å². The number of hydrogen-bond donors (Lipinski definition) is 2. The van der Waals surface area contributed by atoms with Crippen molar-refractivity contribution < 1.29 is 14.3 Å². The van der Waals surface area contributed by atoms with E-state index in [1.807, 2.05) is 34.6 Å². The third-order valence-corrected chi connectivity index (χ3v) is 1.54. The van der Waals surface area contributed by atoms with Gasteiger partial charge in [0.05, 0.1) is 0 Å². The predicted molar refractivity (Wildman–Crippen MR) is 56.9 cm³/mol. The maximum absolute atomic E-state index is 10.5. The standard InChI is InChI=1S/C5H10N2O.C5H10O2/c1-5(2)3-4(8)6-7-5;1-5(2,3)7-4-6/h7H,3H2,1-2H3,(H,6,8);4H,1-3H3. The Morgan fingerprint density at radius 3 is 2.00 bits per heavy atom. The molecule has 0 radical (unpaired) electrons. The van der Waals surface area contributed by atoms with Crippen LogP contribution >= 0.6 is 0 Å². The summed E-state index contributed by atoms with van der Waals surface area (Å²) in [5.41, 5.74) is 5.00. The van der Waals surface area contributed by atoms with Gasteiger partial charge in [0, 0.05) is 12.0 Å². The fourth-order valence-electron chi connectivity index (χ4n) is 0.873. The molecule has 0 aliphatic carbocycles. The highest BCUT2D eigenvalue weighted by molar-refractivity contribution is 5.78. The summed E-state index contributed by atoms with van der Waals surface area (Å²) in [5, 5.41) is 0. The van der Waals surface area contributed by atoms with Gasteiger partial charge in [-0.3, -0.25) is 15.0 Å². The van der Waals surface area contributed by atoms with Gasteiger partial charge in [0.1, 0.15) is 5.60 Å². The van der Waals surface area contributed by atoms with Crippen molar-refractivity contribution in [2.75, 3.05) is 0 Å². The monoisotopic (exact) mass is 216 g/mol. The number of carbonyl (C=O) groups excluding carboxylic acids is 2. The van der Waals surface area contributed by atoms with Crippen molar-refractivity contribution in [2.45, 2.75) is 52.2 Å². The normalized spacial score (nSPS) is 18.6. The molecule has 0 atom stereocenters. The molecule has 0 unspecified atom stereocenters. The summed E-state index contributed by atoms with van der Waals surface area (Å²) < 4.78 is 4.55. The number of hydrogen-bond acceptors (Lipinski definition) is 4. The summed E-state index contributed by atoms with van der Waals surface area (Å²) in [6, 6.07) is 0. The van der Waals surface area contributed by atoms with E-state index in [0.717, 1.165) is 0 Å². The summed E-state index contributed by atoms with van der Waals surface area (Å²) in [6.07, 6.45) is 0.576. The van der Waals surface area contributed by atoms with Crippen LogP contribution in [-0.4, -0.2) is 23.5 Å². The second-order valence-corrected chi connectivity index (χ2v) is 5.06. The first-order chi connectivity index (χ1) is 6.66. The fourth-order valence-corrected chi connectivity index (χ4v) is 0.873. The average Bonchev–Trinajstić information content (AvgIpc) is 2.27. The topological polar surface area (TPSA) is 67.4 Å². The van der Waals surface area contributed by atoms with Crippen LogP contribution in [0.25, 0.3) is 0 Å². The van der Waals surface area contributed by atoms with Gasteiger partial charge in [-0.2, -0.15) is 0 Å². The first-order valence-electron chi connectivity index (χ1n) is 4.84. The largest absolute Gasteiger partial charge is 0.462 e. The Kier molecular flexibility index (Phi) is 4.74. The molecule has 1 aliphatic rings. The van der Waals surface area contributed by atoms with Crippen LogP contribution in [0.4, 0.5) is 0 Å². The van der Waals surface area contributed by atoms with Crippen LogP contribution in [0.3, 0.4) is 0 Å². The number of amides is 1. The second kappa shape index (κ2) is 5.11. The van der Waals surface area contributed by atoms with E-state index in [2.05, 4.69) is 15.6 Å². The van der Waals surface area contributed by atoms with Crippen LogP contribution in [0.5, 0.6) is 0 Å². The number of hydrazine groups is 1. The SMILES string of the molecule is CC(C)(C)OC=O.CC1(C)CC(=O)NN1. The fraction of sp³-hybridized carbons (Fsp3) is 0.800. The van der Waals surface area contributed by atoms with E-state index < -0.39 is 0 Å². The third kappa shape index (κ3) is 7.93. The lowest BCUT2D eigenvalue weighted by molar-refractivity contribution is -0.138. The first kappa shape index (κ1) is 13.9. The quantitative estimate of drug-likeness (QED) is 0.635. The molecule has 0 aromatic rings. The summed E-state index contributed by atoms with van der Waals surface area (Å²) in [7, 11) is 0. The van der Waals surface area contributed by atoms with Gasteiger partial charge in [-0.05, 0) is 34.6 Å². The van der Waals surface area contributed by atoms with E-state index >= 15 is 0 Å². The number of nitrogens with one attached hydrogen (secondary N) is 2. The summed E-state index contributed by atoms with van der Waals surface area (Å²) in [6.45, 7) is 9.88. The van der Waals surface area contributed by atoms with Crippen molar-refractivity contribution in [1.82, 2.24) is 10.9 Å². The molecule has 15 heavy (non-hydrogen) atoms. The van der Waals surface area contributed by atoms with Gasteiger partial charge in [-0.1, -0.05) is 0 Å². The van der Waals surface area contributed by atoms with Crippen molar-refractivity contribution >= 4 is 12.4 Å².